The highest BCUT2D eigenvalue weighted by atomic mass is 79.9. The number of methoxy groups -OCH3 is 1. The van der Waals surface area contributed by atoms with Gasteiger partial charge in [0, 0.05) is 5.56 Å². The maximum absolute atomic E-state index is 11.0. The number of rotatable bonds is 2. The van der Waals surface area contributed by atoms with Gasteiger partial charge in [-0.15, -0.1) is 0 Å². The Balaban J connectivity index is 3.28. The van der Waals surface area contributed by atoms with Crippen molar-refractivity contribution in [2.75, 3.05) is 12.8 Å². The molecule has 1 rings (SSSR count). The molecule has 0 bridgehead atoms. The van der Waals surface area contributed by atoms with Gasteiger partial charge in [0.1, 0.15) is 0 Å². The summed E-state index contributed by atoms with van der Waals surface area (Å²) < 4.78 is 5.72. The van der Waals surface area contributed by atoms with Crippen LogP contribution in [0.1, 0.15) is 17.3 Å². The molecule has 0 radical (unpaired) electrons. The number of anilines is 1. The summed E-state index contributed by atoms with van der Waals surface area (Å²) in [5, 5.41) is 0. The lowest BCUT2D eigenvalue weighted by molar-refractivity contribution is 0.101. The molecule has 0 aliphatic carbocycles. The summed E-state index contributed by atoms with van der Waals surface area (Å²) in [6.07, 6.45) is 0. The van der Waals surface area contributed by atoms with Crippen LogP contribution in [-0.2, 0) is 0 Å². The molecular formula is C9H10BrNO2. The van der Waals surface area contributed by atoms with Crippen molar-refractivity contribution < 1.29 is 9.53 Å². The molecule has 0 saturated heterocycles. The van der Waals surface area contributed by atoms with Gasteiger partial charge in [-0.25, -0.2) is 0 Å². The number of nitrogens with two attached hydrogens (primary N) is 1. The van der Waals surface area contributed by atoms with Gasteiger partial charge in [-0.05, 0) is 35.0 Å². The SMILES string of the molecule is COc1c(N)cc(C(C)=O)cc1Br. The van der Waals surface area contributed by atoms with Crippen molar-refractivity contribution in [2.24, 2.45) is 0 Å². The molecule has 1 aromatic rings. The molecular weight excluding hydrogens is 234 g/mol. The zero-order valence-electron chi connectivity index (χ0n) is 7.43. The molecule has 3 nitrogen and oxygen atoms in total. The van der Waals surface area contributed by atoms with Gasteiger partial charge in [0.15, 0.2) is 11.5 Å². The number of hydrogen-bond donors (Lipinski definition) is 1. The van der Waals surface area contributed by atoms with E-state index >= 15 is 0 Å². The predicted molar refractivity (Wildman–Crippen MR) is 55.1 cm³/mol. The van der Waals surface area contributed by atoms with Crippen LogP contribution in [0.4, 0.5) is 5.69 Å². The summed E-state index contributed by atoms with van der Waals surface area (Å²) in [5.41, 5.74) is 6.70. The van der Waals surface area contributed by atoms with Crippen LogP contribution in [0.3, 0.4) is 0 Å². The molecule has 0 aromatic heterocycles. The third-order valence-electron chi connectivity index (χ3n) is 1.68. The molecule has 0 fully saturated rings. The molecule has 0 spiro atoms. The van der Waals surface area contributed by atoms with Crippen LogP contribution in [0.2, 0.25) is 0 Å². The first-order valence-corrected chi connectivity index (χ1v) is 4.49. The molecule has 0 aliphatic rings. The number of carbonyl (C=O) groups excluding carboxylic acids is 1. The van der Waals surface area contributed by atoms with Crippen molar-refractivity contribution in [3.63, 3.8) is 0 Å². The topological polar surface area (TPSA) is 52.3 Å². The number of ether oxygens (including phenoxy) is 1. The van der Waals surface area contributed by atoms with Gasteiger partial charge < -0.3 is 10.5 Å². The minimum absolute atomic E-state index is 0.0185. The molecule has 1 aromatic carbocycles. The summed E-state index contributed by atoms with van der Waals surface area (Å²) in [6.45, 7) is 1.49. The average Bonchev–Trinajstić information content (AvgIpc) is 2.03. The summed E-state index contributed by atoms with van der Waals surface area (Å²) >= 11 is 3.27. The second kappa shape index (κ2) is 3.79. The first kappa shape index (κ1) is 10.1. The predicted octanol–water partition coefficient (Wildman–Crippen LogP) is 2.24. The Kier molecular flexibility index (Phi) is 2.93. The minimum Gasteiger partial charge on any atom is -0.493 e. The number of carbonyl (C=O) groups is 1. The van der Waals surface area contributed by atoms with Crippen LogP contribution in [0.5, 0.6) is 5.75 Å². The lowest BCUT2D eigenvalue weighted by Crippen LogP contribution is -1.98. The van der Waals surface area contributed by atoms with Crippen LogP contribution in [0.15, 0.2) is 16.6 Å². The van der Waals surface area contributed by atoms with E-state index in [1.54, 1.807) is 12.1 Å². The second-order valence-corrected chi connectivity index (χ2v) is 3.49. The Labute approximate surface area is 85.0 Å². The summed E-state index contributed by atoms with van der Waals surface area (Å²) in [7, 11) is 1.53. The van der Waals surface area contributed by atoms with E-state index in [-0.39, 0.29) is 5.78 Å². The van der Waals surface area contributed by atoms with Crippen molar-refractivity contribution in [1.29, 1.82) is 0 Å². The van der Waals surface area contributed by atoms with Crippen molar-refractivity contribution in [3.8, 4) is 5.75 Å². The van der Waals surface area contributed by atoms with E-state index in [4.69, 9.17) is 10.5 Å². The molecule has 70 valence electrons. The number of nitrogen functional groups attached to an aromatic ring is 1. The lowest BCUT2D eigenvalue weighted by Gasteiger charge is -2.07. The Morgan fingerprint density at radius 1 is 1.54 bits per heavy atom. The zero-order chi connectivity index (χ0) is 10.0. The van der Waals surface area contributed by atoms with Crippen LogP contribution in [-0.4, -0.2) is 12.9 Å². The van der Waals surface area contributed by atoms with Crippen LogP contribution < -0.4 is 10.5 Å². The lowest BCUT2D eigenvalue weighted by atomic mass is 10.1. The van der Waals surface area contributed by atoms with Crippen LogP contribution in [0, 0.1) is 0 Å². The van der Waals surface area contributed by atoms with E-state index in [0.29, 0.717) is 21.5 Å². The molecule has 13 heavy (non-hydrogen) atoms. The number of benzene rings is 1. The van der Waals surface area contributed by atoms with Gasteiger partial charge in [-0.2, -0.15) is 0 Å². The van der Waals surface area contributed by atoms with Crippen molar-refractivity contribution >= 4 is 27.4 Å². The first-order valence-electron chi connectivity index (χ1n) is 3.70. The fraction of sp³-hybridized carbons (Fsp3) is 0.222. The molecule has 2 N–H and O–H groups in total. The molecule has 0 amide bonds. The fourth-order valence-electron chi connectivity index (χ4n) is 1.03. The monoisotopic (exact) mass is 243 g/mol. The average molecular weight is 244 g/mol. The number of halogens is 1. The van der Waals surface area contributed by atoms with E-state index in [2.05, 4.69) is 15.9 Å². The normalized spacial score (nSPS) is 9.77. The third-order valence-corrected chi connectivity index (χ3v) is 2.27. The highest BCUT2D eigenvalue weighted by Gasteiger charge is 2.09. The van der Waals surface area contributed by atoms with Gasteiger partial charge in [0.05, 0.1) is 17.3 Å². The first-order chi connectivity index (χ1) is 6.06. The maximum Gasteiger partial charge on any atom is 0.159 e. The maximum atomic E-state index is 11.0. The van der Waals surface area contributed by atoms with Gasteiger partial charge in [-0.3, -0.25) is 4.79 Å². The summed E-state index contributed by atoms with van der Waals surface area (Å²) in [4.78, 5) is 11.0. The number of Topliss-reactive ketones (excluding diaryl/α,β-unsaturated/α-hetero) is 1. The molecule has 4 heteroatoms. The van der Waals surface area contributed by atoms with E-state index in [1.165, 1.54) is 14.0 Å². The van der Waals surface area contributed by atoms with E-state index in [0.717, 1.165) is 0 Å². The fourth-order valence-corrected chi connectivity index (χ4v) is 1.67. The zero-order valence-corrected chi connectivity index (χ0v) is 9.01. The second-order valence-electron chi connectivity index (χ2n) is 2.64. The van der Waals surface area contributed by atoms with Crippen LogP contribution >= 0.6 is 15.9 Å². The van der Waals surface area contributed by atoms with E-state index in [9.17, 15) is 4.79 Å². The molecule has 0 aliphatic heterocycles. The third kappa shape index (κ3) is 2.01. The quantitative estimate of drug-likeness (QED) is 0.641. The van der Waals surface area contributed by atoms with Crippen LogP contribution in [0.25, 0.3) is 0 Å². The van der Waals surface area contributed by atoms with Gasteiger partial charge >= 0.3 is 0 Å². The smallest absolute Gasteiger partial charge is 0.159 e. The molecule has 0 atom stereocenters. The number of ketones is 1. The highest BCUT2D eigenvalue weighted by Crippen LogP contribution is 2.32. The Morgan fingerprint density at radius 3 is 2.54 bits per heavy atom. The Bertz CT molecular complexity index is 326. The Morgan fingerprint density at radius 2 is 2.15 bits per heavy atom. The molecule has 0 heterocycles. The molecule has 0 unspecified atom stereocenters. The largest absolute Gasteiger partial charge is 0.493 e. The van der Waals surface area contributed by atoms with Crippen molar-refractivity contribution in [3.05, 3.63) is 22.2 Å². The minimum atomic E-state index is -0.0185. The summed E-state index contributed by atoms with van der Waals surface area (Å²) in [5.74, 6) is 0.542. The van der Waals surface area contributed by atoms with Gasteiger partial charge in [-0.1, -0.05) is 0 Å². The molecule has 0 saturated carbocycles. The van der Waals surface area contributed by atoms with Crippen molar-refractivity contribution in [1.82, 2.24) is 0 Å². The number of hydrogen-bond acceptors (Lipinski definition) is 3. The van der Waals surface area contributed by atoms with Gasteiger partial charge in [0.25, 0.3) is 0 Å². The summed E-state index contributed by atoms with van der Waals surface area (Å²) in [6, 6.07) is 3.30. The van der Waals surface area contributed by atoms with E-state index < -0.39 is 0 Å². The standard InChI is InChI=1S/C9H10BrNO2/c1-5(12)6-3-7(10)9(13-2)8(11)4-6/h3-4H,11H2,1-2H3. The Hall–Kier alpha value is -1.03. The van der Waals surface area contributed by atoms with E-state index in [1.807, 2.05) is 0 Å². The highest BCUT2D eigenvalue weighted by molar-refractivity contribution is 9.10. The van der Waals surface area contributed by atoms with Gasteiger partial charge in [0.2, 0.25) is 0 Å². The van der Waals surface area contributed by atoms with Crippen molar-refractivity contribution in [2.45, 2.75) is 6.92 Å².